The van der Waals surface area contributed by atoms with Crippen LogP contribution < -0.4 is 14.2 Å². The van der Waals surface area contributed by atoms with Crippen LogP contribution in [0.2, 0.25) is 0 Å². The highest BCUT2D eigenvalue weighted by molar-refractivity contribution is 7.93. The average molecular weight is 479 g/mol. The van der Waals surface area contributed by atoms with Gasteiger partial charge in [-0.2, -0.15) is 0 Å². The summed E-state index contributed by atoms with van der Waals surface area (Å²) >= 11 is 0. The van der Waals surface area contributed by atoms with Gasteiger partial charge in [-0.3, -0.25) is 9.29 Å². The van der Waals surface area contributed by atoms with Crippen molar-refractivity contribution in [2.45, 2.75) is 43.6 Å². The fraction of sp³-hybridized carbons (Fsp3) is 0.429. The van der Waals surface area contributed by atoms with Crippen molar-refractivity contribution in [3.8, 4) is 28.8 Å². The number of para-hydroxylation sites is 1. The lowest BCUT2D eigenvalue weighted by Gasteiger charge is -2.29. The van der Waals surface area contributed by atoms with E-state index in [2.05, 4.69) is 14.9 Å². The number of aliphatic hydroxyl groups is 2. The van der Waals surface area contributed by atoms with E-state index >= 15 is 0 Å². The quantitative estimate of drug-likeness (QED) is 0.462. The monoisotopic (exact) mass is 478 g/mol. The van der Waals surface area contributed by atoms with Crippen LogP contribution in [0.25, 0.3) is 17.3 Å². The molecular formula is C21H26N4O7S. The number of hydrogen-bond acceptors (Lipinski definition) is 9. The Balaban J connectivity index is 1.83. The molecule has 2 heterocycles. The van der Waals surface area contributed by atoms with Gasteiger partial charge in [-0.15, -0.1) is 10.2 Å². The van der Waals surface area contributed by atoms with Crippen molar-refractivity contribution in [3.63, 3.8) is 0 Å². The highest BCUT2D eigenvalue weighted by Gasteiger charge is 2.37. The van der Waals surface area contributed by atoms with Gasteiger partial charge in [-0.05, 0) is 50.5 Å². The normalized spacial score (nSPS) is 21.1. The number of ether oxygens (including phenoxy) is 2. The standard InChI is InChI=1S/C21H26N4O7S/c1-12-7-10-18(32-12)20-22-23-21(24-33(28,29)13-8-9-14(26)15(27)11-13)25(20)19-16(30-2)5-4-6-17(19)31-3/h4-7,10,13-15,26-27H,8-9,11H2,1-3H3,(H,23,24). The fourth-order valence-corrected chi connectivity index (χ4v) is 5.36. The van der Waals surface area contributed by atoms with Crippen molar-refractivity contribution in [3.05, 3.63) is 36.1 Å². The van der Waals surface area contributed by atoms with Crippen LogP contribution in [0.4, 0.5) is 5.95 Å². The van der Waals surface area contributed by atoms with E-state index in [1.54, 1.807) is 37.3 Å². The maximum Gasteiger partial charge on any atom is 0.243 e. The van der Waals surface area contributed by atoms with Gasteiger partial charge in [-0.1, -0.05) is 6.07 Å². The molecule has 3 atom stereocenters. The van der Waals surface area contributed by atoms with E-state index in [1.165, 1.54) is 18.8 Å². The first-order valence-corrected chi connectivity index (χ1v) is 11.9. The fourth-order valence-electron chi connectivity index (χ4n) is 3.91. The Morgan fingerprint density at radius 1 is 1.06 bits per heavy atom. The Labute approximate surface area is 191 Å². The first-order chi connectivity index (χ1) is 15.7. The van der Waals surface area contributed by atoms with Crippen molar-refractivity contribution in [2.75, 3.05) is 18.9 Å². The average Bonchev–Trinajstić information content (AvgIpc) is 3.40. The number of aromatic nitrogens is 3. The molecule has 33 heavy (non-hydrogen) atoms. The van der Waals surface area contributed by atoms with Gasteiger partial charge in [0, 0.05) is 0 Å². The summed E-state index contributed by atoms with van der Waals surface area (Å²) in [5.74, 6) is 1.95. The number of methoxy groups -OCH3 is 2. The second-order valence-electron chi connectivity index (χ2n) is 7.82. The highest BCUT2D eigenvalue weighted by Crippen LogP contribution is 2.38. The molecule has 0 saturated heterocycles. The molecule has 0 spiro atoms. The molecule has 1 aromatic carbocycles. The second-order valence-corrected chi connectivity index (χ2v) is 9.78. The van der Waals surface area contributed by atoms with E-state index in [9.17, 15) is 18.6 Å². The summed E-state index contributed by atoms with van der Waals surface area (Å²) in [7, 11) is -1.01. The molecule has 1 fully saturated rings. The minimum absolute atomic E-state index is 0.0904. The predicted molar refractivity (Wildman–Crippen MR) is 119 cm³/mol. The summed E-state index contributed by atoms with van der Waals surface area (Å²) < 4.78 is 47.1. The van der Waals surface area contributed by atoms with Gasteiger partial charge in [0.15, 0.2) is 5.76 Å². The van der Waals surface area contributed by atoms with Crippen molar-refractivity contribution in [1.29, 1.82) is 0 Å². The molecule has 3 aromatic rings. The number of anilines is 1. The molecule has 1 aliphatic rings. The summed E-state index contributed by atoms with van der Waals surface area (Å²) in [6.45, 7) is 1.78. The minimum Gasteiger partial charge on any atom is -0.494 e. The largest absolute Gasteiger partial charge is 0.494 e. The zero-order valence-electron chi connectivity index (χ0n) is 18.4. The molecule has 178 valence electrons. The van der Waals surface area contributed by atoms with Crippen LogP contribution in [0.5, 0.6) is 11.5 Å². The molecule has 2 aromatic heterocycles. The number of sulfonamides is 1. The van der Waals surface area contributed by atoms with Crippen molar-refractivity contribution in [1.82, 2.24) is 14.8 Å². The van der Waals surface area contributed by atoms with E-state index in [-0.39, 0.29) is 31.0 Å². The third kappa shape index (κ3) is 4.41. The summed E-state index contributed by atoms with van der Waals surface area (Å²) in [6.07, 6.45) is -1.77. The predicted octanol–water partition coefficient (Wildman–Crippen LogP) is 1.87. The summed E-state index contributed by atoms with van der Waals surface area (Å²) in [4.78, 5) is 0. The number of rotatable bonds is 7. The number of benzene rings is 1. The first kappa shape index (κ1) is 23.1. The molecule has 0 aliphatic heterocycles. The van der Waals surface area contributed by atoms with Crippen LogP contribution >= 0.6 is 0 Å². The molecular weight excluding hydrogens is 452 g/mol. The number of aryl methyl sites for hydroxylation is 1. The van der Waals surface area contributed by atoms with Crippen molar-refractivity contribution < 1.29 is 32.5 Å². The molecule has 3 unspecified atom stereocenters. The van der Waals surface area contributed by atoms with Crippen LogP contribution in [0.3, 0.4) is 0 Å². The Bertz CT molecular complexity index is 1210. The van der Waals surface area contributed by atoms with Crippen LogP contribution in [0, 0.1) is 6.92 Å². The van der Waals surface area contributed by atoms with Crippen LogP contribution in [-0.2, 0) is 10.0 Å². The molecule has 0 radical (unpaired) electrons. The third-order valence-corrected chi connectivity index (χ3v) is 7.43. The van der Waals surface area contributed by atoms with Crippen molar-refractivity contribution in [2.24, 2.45) is 0 Å². The summed E-state index contributed by atoms with van der Waals surface area (Å²) in [6, 6.07) is 8.60. The molecule has 1 aliphatic carbocycles. The number of nitrogens with one attached hydrogen (secondary N) is 1. The van der Waals surface area contributed by atoms with Gasteiger partial charge in [-0.25, -0.2) is 8.42 Å². The molecule has 3 N–H and O–H groups in total. The number of hydrogen-bond donors (Lipinski definition) is 3. The van der Waals surface area contributed by atoms with Crippen molar-refractivity contribution >= 4 is 16.0 Å². The zero-order valence-corrected chi connectivity index (χ0v) is 19.2. The lowest BCUT2D eigenvalue weighted by Crippen LogP contribution is -2.41. The van der Waals surface area contributed by atoms with Gasteiger partial charge in [0.2, 0.25) is 21.8 Å². The third-order valence-electron chi connectivity index (χ3n) is 5.65. The van der Waals surface area contributed by atoms with E-state index in [0.717, 1.165) is 0 Å². The topological polar surface area (TPSA) is 149 Å². The van der Waals surface area contributed by atoms with E-state index < -0.39 is 27.5 Å². The van der Waals surface area contributed by atoms with E-state index in [1.807, 2.05) is 0 Å². The molecule has 12 heteroatoms. The van der Waals surface area contributed by atoms with E-state index in [4.69, 9.17) is 13.9 Å². The Morgan fingerprint density at radius 3 is 2.33 bits per heavy atom. The lowest BCUT2D eigenvalue weighted by molar-refractivity contribution is -0.00749. The molecule has 1 saturated carbocycles. The van der Waals surface area contributed by atoms with Crippen LogP contribution in [0.1, 0.15) is 25.0 Å². The van der Waals surface area contributed by atoms with Gasteiger partial charge < -0.3 is 24.1 Å². The molecule has 4 rings (SSSR count). The van der Waals surface area contributed by atoms with Gasteiger partial charge in [0.05, 0.1) is 31.7 Å². The van der Waals surface area contributed by atoms with Gasteiger partial charge >= 0.3 is 0 Å². The molecule has 0 amide bonds. The Hall–Kier alpha value is -3.09. The van der Waals surface area contributed by atoms with Crippen LogP contribution in [-0.4, -0.2) is 65.1 Å². The summed E-state index contributed by atoms with van der Waals surface area (Å²) in [5.41, 5.74) is 0.383. The molecule has 11 nitrogen and oxygen atoms in total. The Morgan fingerprint density at radius 2 is 1.76 bits per heavy atom. The van der Waals surface area contributed by atoms with Crippen LogP contribution in [0.15, 0.2) is 34.7 Å². The van der Waals surface area contributed by atoms with E-state index in [0.29, 0.717) is 28.7 Å². The first-order valence-electron chi connectivity index (χ1n) is 10.4. The smallest absolute Gasteiger partial charge is 0.243 e. The number of aliphatic hydroxyl groups excluding tert-OH is 2. The van der Waals surface area contributed by atoms with Gasteiger partial charge in [0.1, 0.15) is 22.9 Å². The summed E-state index contributed by atoms with van der Waals surface area (Å²) in [5, 5.41) is 27.1. The number of furan rings is 1. The maximum atomic E-state index is 13.2. The minimum atomic E-state index is -3.98. The lowest BCUT2D eigenvalue weighted by atomic mass is 9.95. The maximum absolute atomic E-state index is 13.2. The number of nitrogens with zero attached hydrogens (tertiary/aromatic N) is 3. The highest BCUT2D eigenvalue weighted by atomic mass is 32.2. The van der Waals surface area contributed by atoms with Gasteiger partial charge in [0.25, 0.3) is 0 Å². The zero-order chi connectivity index (χ0) is 23.8. The molecule has 0 bridgehead atoms. The SMILES string of the molecule is COc1cccc(OC)c1-n1c(NS(=O)(=O)C2CCC(O)C(O)C2)nnc1-c1ccc(C)o1. The second kappa shape index (κ2) is 9.04. The Kier molecular flexibility index (Phi) is 6.32.